The molecule has 0 spiro atoms. The zero-order valence-corrected chi connectivity index (χ0v) is 13.3. The van der Waals surface area contributed by atoms with Crippen molar-refractivity contribution in [1.82, 2.24) is 10.3 Å². The number of H-pyrrole nitrogens is 1. The molecule has 1 aromatic carbocycles. The molecule has 0 aliphatic heterocycles. The minimum absolute atomic E-state index is 0. The number of aryl methyl sites for hydroxylation is 1. The van der Waals surface area contributed by atoms with Crippen molar-refractivity contribution in [2.75, 3.05) is 13.1 Å². The van der Waals surface area contributed by atoms with Gasteiger partial charge in [0, 0.05) is 30.1 Å². The summed E-state index contributed by atoms with van der Waals surface area (Å²) in [5.74, 6) is 0.0875. The molecule has 5 heteroatoms. The van der Waals surface area contributed by atoms with Gasteiger partial charge in [-0.3, -0.25) is 4.79 Å². The molecule has 1 amide bonds. The van der Waals surface area contributed by atoms with Crippen molar-refractivity contribution >= 4 is 29.2 Å². The van der Waals surface area contributed by atoms with Crippen LogP contribution in [-0.4, -0.2) is 24.0 Å². The van der Waals surface area contributed by atoms with E-state index in [0.29, 0.717) is 19.5 Å². The first-order valence-corrected chi connectivity index (χ1v) is 7.31. The average Bonchev–Trinajstić information content (AvgIpc) is 2.88. The third kappa shape index (κ3) is 4.48. The lowest BCUT2D eigenvalue weighted by atomic mass is 10.1. The van der Waals surface area contributed by atoms with Gasteiger partial charge in [-0.2, -0.15) is 0 Å². The summed E-state index contributed by atoms with van der Waals surface area (Å²) in [6.07, 6.45) is 5.19. The monoisotopic (exact) mass is 309 g/mol. The summed E-state index contributed by atoms with van der Waals surface area (Å²) in [5, 5.41) is 4.21. The fraction of sp³-hybridized carbons (Fsp3) is 0.438. The number of carbonyl (C=O) groups is 1. The molecule has 116 valence electrons. The van der Waals surface area contributed by atoms with E-state index < -0.39 is 0 Å². The number of benzene rings is 1. The molecule has 0 atom stereocenters. The molecule has 2 rings (SSSR count). The predicted molar refractivity (Wildman–Crippen MR) is 89.9 cm³/mol. The number of para-hydroxylation sites is 1. The van der Waals surface area contributed by atoms with Gasteiger partial charge < -0.3 is 16.0 Å². The molecule has 4 N–H and O–H groups in total. The number of hydrogen-bond donors (Lipinski definition) is 3. The largest absolute Gasteiger partial charge is 0.361 e. The van der Waals surface area contributed by atoms with Gasteiger partial charge >= 0.3 is 0 Å². The highest BCUT2D eigenvalue weighted by Crippen LogP contribution is 2.22. The number of nitrogens with two attached hydrogens (primary N) is 1. The molecule has 1 heterocycles. The number of carbonyl (C=O) groups excluding carboxylic acids is 1. The first-order chi connectivity index (χ1) is 9.76. The number of rotatable bonds is 7. The minimum Gasteiger partial charge on any atom is -0.361 e. The molecule has 0 saturated carbocycles. The number of aromatic amines is 1. The van der Waals surface area contributed by atoms with Gasteiger partial charge in [0.05, 0.1) is 0 Å². The van der Waals surface area contributed by atoms with Crippen LogP contribution in [0.2, 0.25) is 0 Å². The number of aromatic nitrogens is 1. The normalized spacial score (nSPS) is 10.4. The van der Waals surface area contributed by atoms with Gasteiger partial charge in [-0.1, -0.05) is 25.1 Å². The van der Waals surface area contributed by atoms with Crippen molar-refractivity contribution in [2.24, 2.45) is 5.73 Å². The zero-order valence-electron chi connectivity index (χ0n) is 12.4. The summed E-state index contributed by atoms with van der Waals surface area (Å²) >= 11 is 0. The standard InChI is InChI=1S/C16H23N3O.ClH/c1-2-12-5-3-6-14-13(11-19-16(12)14)8-10-18-15(20)7-4-9-17;/h3,5-6,11,19H,2,4,7-10,17H2,1H3,(H,18,20);1H. The predicted octanol–water partition coefficient (Wildman–Crippen LogP) is 2.55. The van der Waals surface area contributed by atoms with Crippen LogP contribution in [0.5, 0.6) is 0 Å². The van der Waals surface area contributed by atoms with Gasteiger partial charge in [-0.05, 0) is 36.9 Å². The Morgan fingerprint density at radius 3 is 2.86 bits per heavy atom. The topological polar surface area (TPSA) is 70.9 Å². The van der Waals surface area contributed by atoms with Crippen LogP contribution in [0.3, 0.4) is 0 Å². The number of amides is 1. The summed E-state index contributed by atoms with van der Waals surface area (Å²) in [6.45, 7) is 3.40. The fourth-order valence-corrected chi connectivity index (χ4v) is 2.46. The first-order valence-electron chi connectivity index (χ1n) is 7.31. The van der Waals surface area contributed by atoms with E-state index in [-0.39, 0.29) is 18.3 Å². The van der Waals surface area contributed by atoms with Crippen LogP contribution >= 0.6 is 12.4 Å². The van der Waals surface area contributed by atoms with Crippen LogP contribution in [0, 0.1) is 0 Å². The van der Waals surface area contributed by atoms with Crippen molar-refractivity contribution < 1.29 is 4.79 Å². The Bertz CT molecular complexity index is 580. The first kappa shape index (κ1) is 17.5. The Morgan fingerprint density at radius 1 is 1.33 bits per heavy atom. The van der Waals surface area contributed by atoms with Gasteiger partial charge in [0.1, 0.15) is 0 Å². The molecule has 0 bridgehead atoms. The second-order valence-corrected chi connectivity index (χ2v) is 5.00. The Labute approximate surface area is 131 Å². The van der Waals surface area contributed by atoms with E-state index in [9.17, 15) is 4.79 Å². The third-order valence-electron chi connectivity index (χ3n) is 3.59. The van der Waals surface area contributed by atoms with Crippen LogP contribution in [0.4, 0.5) is 0 Å². The second-order valence-electron chi connectivity index (χ2n) is 5.00. The molecule has 0 aliphatic rings. The number of fused-ring (bicyclic) bond motifs is 1. The van der Waals surface area contributed by atoms with Gasteiger partial charge in [0.15, 0.2) is 0 Å². The summed E-state index contributed by atoms with van der Waals surface area (Å²) in [4.78, 5) is 14.9. The van der Waals surface area contributed by atoms with Crippen LogP contribution < -0.4 is 11.1 Å². The lowest BCUT2D eigenvalue weighted by Gasteiger charge is -2.04. The highest BCUT2D eigenvalue weighted by atomic mass is 35.5. The van der Waals surface area contributed by atoms with Crippen molar-refractivity contribution in [1.29, 1.82) is 0 Å². The van der Waals surface area contributed by atoms with Crippen molar-refractivity contribution in [2.45, 2.75) is 32.6 Å². The molecule has 0 unspecified atom stereocenters. The lowest BCUT2D eigenvalue weighted by Crippen LogP contribution is -2.25. The minimum atomic E-state index is 0. The van der Waals surface area contributed by atoms with E-state index in [1.165, 1.54) is 22.0 Å². The Kier molecular flexibility index (Phi) is 7.26. The van der Waals surface area contributed by atoms with Gasteiger partial charge in [-0.25, -0.2) is 0 Å². The maximum Gasteiger partial charge on any atom is 0.220 e. The third-order valence-corrected chi connectivity index (χ3v) is 3.59. The maximum absolute atomic E-state index is 11.5. The maximum atomic E-state index is 11.5. The summed E-state index contributed by atoms with van der Waals surface area (Å²) in [5.41, 5.74) is 9.20. The molecular formula is C16H24ClN3O. The van der Waals surface area contributed by atoms with Crippen LogP contribution in [0.15, 0.2) is 24.4 Å². The Hall–Kier alpha value is -1.52. The smallest absolute Gasteiger partial charge is 0.220 e. The summed E-state index contributed by atoms with van der Waals surface area (Å²) in [7, 11) is 0. The van der Waals surface area contributed by atoms with E-state index in [1.807, 2.05) is 0 Å². The Morgan fingerprint density at radius 2 is 2.14 bits per heavy atom. The molecule has 4 nitrogen and oxygen atoms in total. The molecule has 1 aromatic heterocycles. The van der Waals surface area contributed by atoms with Gasteiger partial charge in [0.2, 0.25) is 5.91 Å². The molecule has 0 aliphatic carbocycles. The zero-order chi connectivity index (χ0) is 14.4. The van der Waals surface area contributed by atoms with E-state index in [2.05, 4.69) is 41.6 Å². The second kappa shape index (κ2) is 8.70. The molecule has 2 aromatic rings. The van der Waals surface area contributed by atoms with Crippen molar-refractivity contribution in [3.05, 3.63) is 35.5 Å². The molecule has 21 heavy (non-hydrogen) atoms. The molecular weight excluding hydrogens is 286 g/mol. The van der Waals surface area contributed by atoms with Gasteiger partial charge in [0.25, 0.3) is 0 Å². The van der Waals surface area contributed by atoms with E-state index in [4.69, 9.17) is 5.73 Å². The highest BCUT2D eigenvalue weighted by molar-refractivity contribution is 5.86. The molecule has 0 saturated heterocycles. The van der Waals surface area contributed by atoms with Crippen molar-refractivity contribution in [3.63, 3.8) is 0 Å². The number of nitrogens with one attached hydrogen (secondary N) is 2. The van der Waals surface area contributed by atoms with E-state index >= 15 is 0 Å². The van der Waals surface area contributed by atoms with Crippen molar-refractivity contribution in [3.8, 4) is 0 Å². The molecule has 0 radical (unpaired) electrons. The SMILES string of the molecule is CCc1cccc2c(CCNC(=O)CCCN)c[nH]c12.Cl. The quantitative estimate of drug-likeness (QED) is 0.735. The fourth-order valence-electron chi connectivity index (χ4n) is 2.46. The number of hydrogen-bond acceptors (Lipinski definition) is 2. The van der Waals surface area contributed by atoms with Gasteiger partial charge in [-0.15, -0.1) is 12.4 Å². The lowest BCUT2D eigenvalue weighted by molar-refractivity contribution is -0.121. The molecule has 0 fully saturated rings. The number of halogens is 1. The average molecular weight is 310 g/mol. The summed E-state index contributed by atoms with van der Waals surface area (Å²) in [6, 6.07) is 6.38. The Balaban J connectivity index is 0.00000220. The van der Waals surface area contributed by atoms with E-state index in [1.54, 1.807) is 0 Å². The van der Waals surface area contributed by atoms with E-state index in [0.717, 1.165) is 19.3 Å². The highest BCUT2D eigenvalue weighted by Gasteiger charge is 2.07. The summed E-state index contributed by atoms with van der Waals surface area (Å²) < 4.78 is 0. The van der Waals surface area contributed by atoms with Crippen LogP contribution in [-0.2, 0) is 17.6 Å². The van der Waals surface area contributed by atoms with Crippen LogP contribution in [0.1, 0.15) is 30.9 Å². The van der Waals surface area contributed by atoms with Crippen LogP contribution in [0.25, 0.3) is 10.9 Å².